The molecule has 0 radical (unpaired) electrons. The highest BCUT2D eigenvalue weighted by Crippen LogP contribution is 2.32. The fraction of sp³-hybridized carbons (Fsp3) is 0.381. The fourth-order valence-electron chi connectivity index (χ4n) is 3.32. The molecule has 32 heavy (non-hydrogen) atoms. The van der Waals surface area contributed by atoms with E-state index in [0.717, 1.165) is 37.8 Å². The summed E-state index contributed by atoms with van der Waals surface area (Å²) in [6.45, 7) is -0.883. The number of carbonyl (C=O) groups excluding carboxylic acids is 1. The Kier molecular flexibility index (Phi) is 7.68. The van der Waals surface area contributed by atoms with Crippen LogP contribution in [0.1, 0.15) is 36.0 Å². The lowest BCUT2D eigenvalue weighted by molar-refractivity contribution is -0.153. The summed E-state index contributed by atoms with van der Waals surface area (Å²) in [6.07, 6.45) is -1.31. The first-order valence-corrected chi connectivity index (χ1v) is 11.8. The Balaban J connectivity index is 1.95. The predicted octanol–water partition coefficient (Wildman–Crippen LogP) is 5.10. The lowest BCUT2D eigenvalue weighted by atomic mass is 10.2. The molecule has 0 unspecified atom stereocenters. The van der Waals surface area contributed by atoms with Gasteiger partial charge in [0.1, 0.15) is 5.75 Å². The number of hydrogen-bond acceptors (Lipinski definition) is 4. The molecule has 1 fully saturated rings. The number of halogens is 4. The van der Waals surface area contributed by atoms with Gasteiger partial charge >= 0.3 is 6.18 Å². The van der Waals surface area contributed by atoms with Gasteiger partial charge in [-0.1, -0.05) is 36.6 Å². The first-order valence-electron chi connectivity index (χ1n) is 9.97. The lowest BCUT2D eigenvalue weighted by Gasteiger charge is -2.21. The highest BCUT2D eigenvalue weighted by atomic mass is 35.5. The summed E-state index contributed by atoms with van der Waals surface area (Å²) in [7, 11) is -3.90. The van der Waals surface area contributed by atoms with Crippen LogP contribution in [0.5, 0.6) is 5.75 Å². The minimum absolute atomic E-state index is 0.0803. The van der Waals surface area contributed by atoms with Gasteiger partial charge in [0.05, 0.1) is 21.2 Å². The van der Waals surface area contributed by atoms with Gasteiger partial charge in [0.25, 0.3) is 5.91 Å². The van der Waals surface area contributed by atoms with Crippen LogP contribution in [0, 0.1) is 0 Å². The Morgan fingerprint density at radius 1 is 1.06 bits per heavy atom. The smallest absolute Gasteiger partial charge is 0.422 e. The van der Waals surface area contributed by atoms with Crippen molar-refractivity contribution in [3.8, 4) is 5.75 Å². The van der Waals surface area contributed by atoms with Gasteiger partial charge in [0.2, 0.25) is 10.0 Å². The summed E-state index contributed by atoms with van der Waals surface area (Å²) in [4.78, 5) is 12.5. The van der Waals surface area contributed by atoms with Gasteiger partial charge < -0.3 is 10.1 Å². The first-order chi connectivity index (χ1) is 15.1. The zero-order valence-corrected chi connectivity index (χ0v) is 18.6. The Hall–Kier alpha value is -2.30. The predicted molar refractivity (Wildman–Crippen MR) is 115 cm³/mol. The van der Waals surface area contributed by atoms with E-state index in [4.69, 9.17) is 16.3 Å². The number of benzene rings is 2. The molecule has 0 spiro atoms. The van der Waals surface area contributed by atoms with Gasteiger partial charge in [-0.2, -0.15) is 17.5 Å². The molecule has 0 saturated carbocycles. The van der Waals surface area contributed by atoms with Crippen LogP contribution >= 0.6 is 11.6 Å². The largest absolute Gasteiger partial charge is 0.482 e. The van der Waals surface area contributed by atoms with E-state index >= 15 is 0 Å². The molecule has 3 rings (SSSR count). The molecule has 1 saturated heterocycles. The van der Waals surface area contributed by atoms with Crippen molar-refractivity contribution in [2.24, 2.45) is 0 Å². The fourth-order valence-corrected chi connectivity index (χ4v) is 5.08. The first kappa shape index (κ1) is 24.3. The van der Waals surface area contributed by atoms with Gasteiger partial charge in [-0.15, -0.1) is 0 Å². The van der Waals surface area contributed by atoms with E-state index in [9.17, 15) is 26.4 Å². The van der Waals surface area contributed by atoms with Crippen LogP contribution < -0.4 is 10.1 Å². The maximum Gasteiger partial charge on any atom is 0.422 e. The van der Waals surface area contributed by atoms with Crippen molar-refractivity contribution in [1.29, 1.82) is 0 Å². The van der Waals surface area contributed by atoms with Crippen molar-refractivity contribution in [3.63, 3.8) is 0 Å². The molecule has 0 aromatic heterocycles. The Morgan fingerprint density at radius 2 is 1.72 bits per heavy atom. The van der Waals surface area contributed by atoms with Crippen LogP contribution in [0.2, 0.25) is 5.02 Å². The van der Waals surface area contributed by atoms with Crippen molar-refractivity contribution in [3.05, 3.63) is 53.1 Å². The Bertz CT molecular complexity index is 1070. The Morgan fingerprint density at radius 3 is 2.34 bits per heavy atom. The number of carbonyl (C=O) groups is 1. The summed E-state index contributed by atoms with van der Waals surface area (Å²) >= 11 is 6.02. The standard InChI is InChI=1S/C21H22ClF3N2O4S/c22-17-8-4-3-7-16(17)20(28)26-18-13-15(9-10-19(18)31-14-21(23,24)25)32(29,30)27-11-5-1-2-6-12-27/h3-4,7-10,13H,1-2,5-6,11-12,14H2,(H,26,28). The maximum absolute atomic E-state index is 13.1. The molecule has 1 aliphatic heterocycles. The second-order valence-corrected chi connectivity index (χ2v) is 9.66. The van der Waals surface area contributed by atoms with E-state index < -0.39 is 28.7 Å². The summed E-state index contributed by atoms with van der Waals surface area (Å²) in [5.41, 5.74) is -0.119. The van der Waals surface area contributed by atoms with E-state index in [1.54, 1.807) is 12.1 Å². The number of hydrogen-bond donors (Lipinski definition) is 1. The highest BCUT2D eigenvalue weighted by molar-refractivity contribution is 7.89. The number of anilines is 1. The molecule has 2 aromatic rings. The van der Waals surface area contributed by atoms with Crippen molar-refractivity contribution in [2.45, 2.75) is 36.8 Å². The molecule has 0 bridgehead atoms. The second kappa shape index (κ2) is 10.1. The minimum Gasteiger partial charge on any atom is -0.482 e. The van der Waals surface area contributed by atoms with Gasteiger partial charge in [-0.3, -0.25) is 4.79 Å². The molecular formula is C21H22ClF3N2O4S. The maximum atomic E-state index is 13.1. The molecule has 11 heteroatoms. The molecule has 0 aliphatic carbocycles. The summed E-state index contributed by atoms with van der Waals surface area (Å²) in [5, 5.41) is 2.57. The average molecular weight is 491 g/mol. The molecule has 174 valence electrons. The van der Waals surface area contributed by atoms with E-state index in [-0.39, 0.29) is 26.9 Å². The van der Waals surface area contributed by atoms with Crippen molar-refractivity contribution in [2.75, 3.05) is 25.0 Å². The van der Waals surface area contributed by atoms with E-state index in [2.05, 4.69) is 5.32 Å². The van der Waals surface area contributed by atoms with Crippen LogP contribution in [-0.4, -0.2) is 44.5 Å². The number of rotatable bonds is 6. The average Bonchev–Trinajstić information content (AvgIpc) is 3.02. The zero-order valence-electron chi connectivity index (χ0n) is 17.0. The van der Waals surface area contributed by atoms with Crippen LogP contribution in [-0.2, 0) is 10.0 Å². The quantitative estimate of drug-likeness (QED) is 0.611. The molecule has 1 heterocycles. The SMILES string of the molecule is O=C(Nc1cc(S(=O)(=O)N2CCCCCC2)ccc1OCC(F)(F)F)c1ccccc1Cl. The number of ether oxygens (including phenoxy) is 1. The number of amides is 1. The van der Waals surface area contributed by atoms with E-state index in [0.29, 0.717) is 13.1 Å². The lowest BCUT2D eigenvalue weighted by Crippen LogP contribution is -2.32. The van der Waals surface area contributed by atoms with Gasteiger partial charge in [0, 0.05) is 13.1 Å². The number of nitrogens with zero attached hydrogens (tertiary/aromatic N) is 1. The summed E-state index contributed by atoms with van der Waals surface area (Å²) < 4.78 is 70.4. The van der Waals surface area contributed by atoms with E-state index in [1.807, 2.05) is 0 Å². The van der Waals surface area contributed by atoms with Crippen LogP contribution in [0.4, 0.5) is 18.9 Å². The monoisotopic (exact) mass is 490 g/mol. The summed E-state index contributed by atoms with van der Waals surface area (Å²) in [6, 6.07) is 9.51. The normalized spacial score (nSPS) is 15.8. The summed E-state index contributed by atoms with van der Waals surface area (Å²) in [5.74, 6) is -1.02. The topological polar surface area (TPSA) is 75.7 Å². The number of alkyl halides is 3. The molecule has 0 atom stereocenters. The van der Waals surface area contributed by atoms with Gasteiger partial charge in [0.15, 0.2) is 6.61 Å². The Labute approximate surface area is 189 Å². The van der Waals surface area contributed by atoms with Gasteiger partial charge in [-0.05, 0) is 43.2 Å². The van der Waals surface area contributed by atoms with Crippen molar-refractivity contribution in [1.82, 2.24) is 4.31 Å². The van der Waals surface area contributed by atoms with Crippen LogP contribution in [0.3, 0.4) is 0 Å². The molecule has 6 nitrogen and oxygen atoms in total. The van der Waals surface area contributed by atoms with Crippen LogP contribution in [0.15, 0.2) is 47.4 Å². The van der Waals surface area contributed by atoms with Crippen molar-refractivity contribution >= 4 is 33.2 Å². The second-order valence-electron chi connectivity index (χ2n) is 7.31. The third-order valence-electron chi connectivity index (χ3n) is 4.91. The van der Waals surface area contributed by atoms with Crippen LogP contribution in [0.25, 0.3) is 0 Å². The zero-order chi connectivity index (χ0) is 23.4. The molecular weight excluding hydrogens is 469 g/mol. The molecule has 1 N–H and O–H groups in total. The minimum atomic E-state index is -4.61. The third-order valence-corrected chi connectivity index (χ3v) is 7.14. The molecule has 1 aliphatic rings. The number of sulfonamides is 1. The highest BCUT2D eigenvalue weighted by Gasteiger charge is 2.30. The third kappa shape index (κ3) is 6.14. The van der Waals surface area contributed by atoms with E-state index in [1.165, 1.54) is 22.5 Å². The molecule has 1 amide bonds. The van der Waals surface area contributed by atoms with Gasteiger partial charge in [-0.25, -0.2) is 8.42 Å². The number of nitrogens with one attached hydrogen (secondary N) is 1. The van der Waals surface area contributed by atoms with Crippen molar-refractivity contribution < 1.29 is 31.1 Å². The molecule has 2 aromatic carbocycles.